The van der Waals surface area contributed by atoms with Gasteiger partial charge >= 0.3 is 0 Å². The summed E-state index contributed by atoms with van der Waals surface area (Å²) in [6.45, 7) is 2.77. The number of amides is 1. The molecule has 0 aliphatic carbocycles. The second-order valence-electron chi connectivity index (χ2n) is 24.7. The van der Waals surface area contributed by atoms with E-state index in [2.05, 4.69) is 31.3 Å². The predicted molar refractivity (Wildman–Crippen MR) is 332 cm³/mol. The Morgan fingerprint density at radius 2 is 0.780 bits per heavy atom. The molecule has 14 heteroatoms. The summed E-state index contributed by atoms with van der Waals surface area (Å²) in [6.07, 6.45) is 50.2. The highest BCUT2D eigenvalue weighted by Crippen LogP contribution is 2.30. The first-order valence-corrected chi connectivity index (χ1v) is 34.6. The summed E-state index contributed by atoms with van der Waals surface area (Å²) in [5, 5.41) is 86.9. The molecule has 2 fully saturated rings. The third-order valence-electron chi connectivity index (χ3n) is 17.1. The SMILES string of the molecule is CCCCCC/C=C/CC/C=C/C(O)C(COC1OC(CO)C(OC2OC(CO)C(O)C(O)C2O)C(O)C1O)NC(=O)CCCCCCCCCCCCCCCCCCCCCCCCCCCCCCCCCCCCCCCC. The van der Waals surface area contributed by atoms with E-state index in [1.54, 1.807) is 6.08 Å². The van der Waals surface area contributed by atoms with Crippen molar-refractivity contribution in [2.75, 3.05) is 19.8 Å². The van der Waals surface area contributed by atoms with E-state index in [0.29, 0.717) is 12.8 Å². The molecule has 0 spiro atoms. The molecular weight excluding hydrogens is 1040 g/mol. The van der Waals surface area contributed by atoms with Crippen LogP contribution >= 0.6 is 0 Å². The van der Waals surface area contributed by atoms with E-state index in [4.69, 9.17) is 18.9 Å². The standard InChI is InChI=1S/C68H129NO13/c1-3-5-7-9-11-13-15-16-17-18-19-20-21-22-23-24-25-26-27-28-29-30-31-32-33-34-35-36-37-38-39-40-41-42-44-46-48-50-52-60(73)69-56(57(72)51-49-47-45-43-14-12-10-8-6-4-2)55-79-67-65(78)63(76)66(59(54-71)81-67)82-68-64(77)62(75)61(74)58(53-70)80-68/h14,43,49,51,56-59,61-68,70-72,74-78H,3-13,15-42,44-48,50,52-55H2,1-2H3,(H,69,73)/b43-14+,51-49+. The summed E-state index contributed by atoms with van der Waals surface area (Å²) in [5.74, 6) is -0.246. The van der Waals surface area contributed by atoms with Crippen molar-refractivity contribution < 1.29 is 64.6 Å². The maximum absolute atomic E-state index is 13.2. The van der Waals surface area contributed by atoms with Crippen LogP contribution in [0.25, 0.3) is 0 Å². The average molecular weight is 1170 g/mol. The van der Waals surface area contributed by atoms with Crippen LogP contribution in [-0.4, -0.2) is 140 Å². The van der Waals surface area contributed by atoms with Gasteiger partial charge in [-0.25, -0.2) is 0 Å². The fourth-order valence-corrected chi connectivity index (χ4v) is 11.6. The molecule has 9 N–H and O–H groups in total. The van der Waals surface area contributed by atoms with Gasteiger partial charge in [0, 0.05) is 6.42 Å². The lowest BCUT2D eigenvalue weighted by molar-refractivity contribution is -0.359. The smallest absolute Gasteiger partial charge is 0.220 e. The normalized spacial score (nSPS) is 24.0. The van der Waals surface area contributed by atoms with Crippen molar-refractivity contribution in [1.82, 2.24) is 5.32 Å². The van der Waals surface area contributed by atoms with Gasteiger partial charge in [0.2, 0.25) is 5.91 Å². The number of carbonyl (C=O) groups excluding carboxylic acids is 1. The monoisotopic (exact) mass is 1170 g/mol. The highest BCUT2D eigenvalue weighted by molar-refractivity contribution is 5.76. The van der Waals surface area contributed by atoms with Crippen molar-refractivity contribution in [1.29, 1.82) is 0 Å². The molecule has 0 aromatic rings. The van der Waals surface area contributed by atoms with Gasteiger partial charge in [0.25, 0.3) is 0 Å². The molecule has 0 radical (unpaired) electrons. The summed E-state index contributed by atoms with van der Waals surface area (Å²) in [7, 11) is 0. The van der Waals surface area contributed by atoms with Gasteiger partial charge in [0.1, 0.15) is 48.8 Å². The van der Waals surface area contributed by atoms with E-state index >= 15 is 0 Å². The molecule has 0 saturated carbocycles. The maximum atomic E-state index is 13.2. The molecule has 14 nitrogen and oxygen atoms in total. The molecule has 12 atom stereocenters. The summed E-state index contributed by atoms with van der Waals surface area (Å²) < 4.78 is 22.7. The Labute approximate surface area is 500 Å². The van der Waals surface area contributed by atoms with E-state index in [1.165, 1.54) is 244 Å². The minimum absolute atomic E-state index is 0.246. The lowest BCUT2D eigenvalue weighted by atomic mass is 9.97. The molecule has 0 bridgehead atoms. The molecular formula is C68H129NO13. The third-order valence-corrected chi connectivity index (χ3v) is 17.1. The molecule has 0 aromatic heterocycles. The summed E-state index contributed by atoms with van der Waals surface area (Å²) >= 11 is 0. The van der Waals surface area contributed by atoms with Crippen LogP contribution in [0.3, 0.4) is 0 Å². The fraction of sp³-hybridized carbons (Fsp3) is 0.926. The van der Waals surface area contributed by atoms with Crippen LogP contribution in [0.5, 0.6) is 0 Å². The summed E-state index contributed by atoms with van der Waals surface area (Å²) in [4.78, 5) is 13.2. The molecule has 2 saturated heterocycles. The van der Waals surface area contributed by atoms with Gasteiger partial charge in [-0.1, -0.05) is 295 Å². The van der Waals surface area contributed by atoms with Crippen LogP contribution in [0.15, 0.2) is 24.3 Å². The van der Waals surface area contributed by atoms with Crippen LogP contribution in [0, 0.1) is 0 Å². The third kappa shape index (κ3) is 37.9. The van der Waals surface area contributed by atoms with Gasteiger partial charge in [-0.15, -0.1) is 0 Å². The first kappa shape index (κ1) is 76.6. The van der Waals surface area contributed by atoms with Crippen molar-refractivity contribution in [2.45, 2.75) is 383 Å². The van der Waals surface area contributed by atoms with E-state index in [1.807, 2.05) is 6.08 Å². The van der Waals surface area contributed by atoms with Crippen LogP contribution < -0.4 is 5.32 Å². The molecule has 1 amide bonds. The first-order chi connectivity index (χ1) is 40.1. The minimum Gasteiger partial charge on any atom is -0.394 e. The topological polar surface area (TPSA) is 228 Å². The van der Waals surface area contributed by atoms with E-state index in [9.17, 15) is 45.6 Å². The Balaban J connectivity index is 1.52. The lowest BCUT2D eigenvalue weighted by Gasteiger charge is -2.46. The van der Waals surface area contributed by atoms with Crippen LogP contribution in [0.1, 0.15) is 309 Å². The number of carbonyl (C=O) groups is 1. The summed E-state index contributed by atoms with van der Waals surface area (Å²) in [5.41, 5.74) is 0. The number of rotatable bonds is 57. The summed E-state index contributed by atoms with van der Waals surface area (Å²) in [6, 6.07) is -0.927. The Bertz CT molecular complexity index is 1470. The van der Waals surface area contributed by atoms with E-state index in [0.717, 1.165) is 32.1 Å². The lowest BCUT2D eigenvalue weighted by Crippen LogP contribution is -2.65. The zero-order chi connectivity index (χ0) is 59.5. The average Bonchev–Trinajstić information content (AvgIpc) is 3.48. The molecule has 2 rings (SSSR count). The number of unbranched alkanes of at least 4 members (excludes halogenated alkanes) is 42. The van der Waals surface area contributed by atoms with E-state index in [-0.39, 0.29) is 18.9 Å². The maximum Gasteiger partial charge on any atom is 0.220 e. The number of aliphatic hydroxyl groups excluding tert-OH is 8. The Morgan fingerprint density at radius 1 is 0.427 bits per heavy atom. The molecule has 82 heavy (non-hydrogen) atoms. The number of ether oxygens (including phenoxy) is 4. The van der Waals surface area contributed by atoms with Gasteiger partial charge < -0.3 is 65.1 Å². The minimum atomic E-state index is -1.79. The molecule has 12 unspecified atom stereocenters. The molecule has 2 aliphatic rings. The van der Waals surface area contributed by atoms with Crippen LogP contribution in [0.2, 0.25) is 0 Å². The second kappa shape index (κ2) is 53.7. The van der Waals surface area contributed by atoms with Crippen molar-refractivity contribution in [3.63, 3.8) is 0 Å². The number of aliphatic hydroxyl groups is 8. The Kier molecular flexibility index (Phi) is 50.1. The highest BCUT2D eigenvalue weighted by Gasteiger charge is 2.51. The Hall–Kier alpha value is -1.53. The molecule has 2 heterocycles. The van der Waals surface area contributed by atoms with Crippen LogP contribution in [-0.2, 0) is 23.7 Å². The zero-order valence-electron chi connectivity index (χ0n) is 52.5. The van der Waals surface area contributed by atoms with Crippen molar-refractivity contribution >= 4 is 5.91 Å². The van der Waals surface area contributed by atoms with Gasteiger partial charge in [-0.3, -0.25) is 4.79 Å². The van der Waals surface area contributed by atoms with Crippen LogP contribution in [0.4, 0.5) is 0 Å². The number of hydrogen-bond donors (Lipinski definition) is 9. The second-order valence-corrected chi connectivity index (χ2v) is 24.7. The van der Waals surface area contributed by atoms with Crippen molar-refractivity contribution in [3.05, 3.63) is 24.3 Å². The zero-order valence-corrected chi connectivity index (χ0v) is 52.5. The van der Waals surface area contributed by atoms with Crippen molar-refractivity contribution in [3.8, 4) is 0 Å². The quantitative estimate of drug-likeness (QED) is 0.0204. The molecule has 0 aromatic carbocycles. The molecule has 484 valence electrons. The first-order valence-electron chi connectivity index (χ1n) is 34.6. The van der Waals surface area contributed by atoms with Gasteiger partial charge in [-0.05, 0) is 32.1 Å². The van der Waals surface area contributed by atoms with Gasteiger partial charge in [0.15, 0.2) is 12.6 Å². The van der Waals surface area contributed by atoms with Crippen molar-refractivity contribution in [2.24, 2.45) is 0 Å². The fourth-order valence-electron chi connectivity index (χ4n) is 11.6. The number of allylic oxidation sites excluding steroid dienone is 3. The van der Waals surface area contributed by atoms with Gasteiger partial charge in [-0.2, -0.15) is 0 Å². The largest absolute Gasteiger partial charge is 0.394 e. The number of nitrogens with one attached hydrogen (secondary N) is 1. The van der Waals surface area contributed by atoms with Gasteiger partial charge in [0.05, 0.1) is 32.0 Å². The predicted octanol–water partition coefficient (Wildman–Crippen LogP) is 13.6. The number of hydrogen-bond acceptors (Lipinski definition) is 13. The highest BCUT2D eigenvalue weighted by atomic mass is 16.7. The molecule has 2 aliphatic heterocycles. The van der Waals surface area contributed by atoms with E-state index < -0.39 is 86.8 Å². The Morgan fingerprint density at radius 3 is 1.20 bits per heavy atom.